The molecule has 0 radical (unpaired) electrons. The van der Waals surface area contributed by atoms with E-state index >= 15 is 0 Å². The van der Waals surface area contributed by atoms with Gasteiger partial charge < -0.3 is 9.47 Å². The molecule has 2 fully saturated rings. The third-order valence-electron chi connectivity index (χ3n) is 6.37. The van der Waals surface area contributed by atoms with Crippen molar-refractivity contribution in [1.82, 2.24) is 0 Å². The Bertz CT molecular complexity index is 465. The average molecular weight is 292 g/mol. The molecular formula is C18H28O3. The van der Waals surface area contributed by atoms with E-state index in [0.717, 1.165) is 19.6 Å². The molecule has 3 aliphatic rings. The molecule has 0 aromatic heterocycles. The quantitative estimate of drug-likeness (QED) is 0.576. The molecule has 0 unspecified atom stereocenters. The number of ether oxygens (including phenoxy) is 2. The molecular weight excluding hydrogens is 264 g/mol. The van der Waals surface area contributed by atoms with Crippen LogP contribution in [0.15, 0.2) is 11.6 Å². The summed E-state index contributed by atoms with van der Waals surface area (Å²) < 4.78 is 11.4. The fourth-order valence-corrected chi connectivity index (χ4v) is 4.79. The molecule has 21 heavy (non-hydrogen) atoms. The molecule has 0 aromatic rings. The van der Waals surface area contributed by atoms with Gasteiger partial charge in [-0.3, -0.25) is 4.79 Å². The maximum atomic E-state index is 11.3. The second-order valence-electron chi connectivity index (χ2n) is 8.04. The normalized spacial score (nSPS) is 41.0. The number of allylic oxidation sites excluding steroid dienone is 1. The van der Waals surface area contributed by atoms with Crippen LogP contribution in [0.2, 0.25) is 0 Å². The third-order valence-corrected chi connectivity index (χ3v) is 6.37. The molecule has 0 aromatic carbocycles. The van der Waals surface area contributed by atoms with Gasteiger partial charge in [0.2, 0.25) is 0 Å². The first kappa shape index (κ1) is 15.1. The Hall–Kier alpha value is -0.830. The smallest absolute Gasteiger partial charge is 0.302 e. The molecule has 2 bridgehead atoms. The molecule has 4 atom stereocenters. The van der Waals surface area contributed by atoms with Gasteiger partial charge in [-0.05, 0) is 36.5 Å². The Morgan fingerprint density at radius 2 is 2.24 bits per heavy atom. The molecule has 1 aliphatic heterocycles. The first-order valence-corrected chi connectivity index (χ1v) is 8.27. The van der Waals surface area contributed by atoms with Gasteiger partial charge in [-0.2, -0.15) is 0 Å². The topological polar surface area (TPSA) is 35.5 Å². The Balaban J connectivity index is 1.93. The Morgan fingerprint density at radius 3 is 2.95 bits per heavy atom. The maximum Gasteiger partial charge on any atom is 0.302 e. The van der Waals surface area contributed by atoms with Crippen molar-refractivity contribution in [2.45, 2.75) is 47.0 Å². The summed E-state index contributed by atoms with van der Waals surface area (Å²) >= 11 is 0. The van der Waals surface area contributed by atoms with Gasteiger partial charge in [0, 0.05) is 18.3 Å². The van der Waals surface area contributed by atoms with E-state index in [0.29, 0.717) is 29.8 Å². The van der Waals surface area contributed by atoms with Gasteiger partial charge in [0.05, 0.1) is 19.8 Å². The van der Waals surface area contributed by atoms with Crippen LogP contribution in [0.5, 0.6) is 0 Å². The number of fused-ring (bicyclic) bond motifs is 4. The molecule has 3 heteroatoms. The monoisotopic (exact) mass is 292 g/mol. The summed E-state index contributed by atoms with van der Waals surface area (Å²) in [5.74, 6) is 1.48. The molecule has 0 N–H and O–H groups in total. The summed E-state index contributed by atoms with van der Waals surface area (Å²) in [6, 6.07) is 0. The molecule has 0 spiro atoms. The maximum absolute atomic E-state index is 11.3. The summed E-state index contributed by atoms with van der Waals surface area (Å²) in [4.78, 5) is 11.3. The van der Waals surface area contributed by atoms with Crippen LogP contribution in [0.3, 0.4) is 0 Å². The van der Waals surface area contributed by atoms with Gasteiger partial charge in [-0.25, -0.2) is 0 Å². The van der Waals surface area contributed by atoms with Crippen LogP contribution in [-0.2, 0) is 14.3 Å². The van der Waals surface area contributed by atoms with Crippen LogP contribution in [0, 0.1) is 28.6 Å². The van der Waals surface area contributed by atoms with E-state index in [1.807, 2.05) is 0 Å². The van der Waals surface area contributed by atoms with Gasteiger partial charge in [-0.15, -0.1) is 0 Å². The number of carbonyl (C=O) groups excluding carboxylic acids is 1. The number of hydrogen-bond donors (Lipinski definition) is 0. The van der Waals surface area contributed by atoms with E-state index in [-0.39, 0.29) is 11.4 Å². The second-order valence-corrected chi connectivity index (χ2v) is 8.04. The van der Waals surface area contributed by atoms with Crippen molar-refractivity contribution >= 4 is 5.97 Å². The summed E-state index contributed by atoms with van der Waals surface area (Å²) in [7, 11) is 0. The van der Waals surface area contributed by atoms with Crippen LogP contribution >= 0.6 is 0 Å². The van der Waals surface area contributed by atoms with E-state index in [9.17, 15) is 4.79 Å². The zero-order chi connectivity index (χ0) is 15.3. The predicted molar refractivity (Wildman–Crippen MR) is 81.7 cm³/mol. The van der Waals surface area contributed by atoms with Crippen molar-refractivity contribution in [3.05, 3.63) is 11.6 Å². The van der Waals surface area contributed by atoms with Gasteiger partial charge in [0.1, 0.15) is 0 Å². The average Bonchev–Trinajstić information content (AvgIpc) is 2.39. The summed E-state index contributed by atoms with van der Waals surface area (Å²) in [5.41, 5.74) is 1.98. The van der Waals surface area contributed by atoms with Gasteiger partial charge in [0.15, 0.2) is 0 Å². The van der Waals surface area contributed by atoms with Gasteiger partial charge in [-0.1, -0.05) is 32.4 Å². The highest BCUT2D eigenvalue weighted by atomic mass is 16.5. The lowest BCUT2D eigenvalue weighted by Crippen LogP contribution is -2.56. The molecule has 3 nitrogen and oxygen atoms in total. The van der Waals surface area contributed by atoms with Crippen molar-refractivity contribution in [1.29, 1.82) is 0 Å². The molecule has 1 saturated heterocycles. The van der Waals surface area contributed by atoms with E-state index in [2.05, 4.69) is 26.8 Å². The van der Waals surface area contributed by atoms with Crippen molar-refractivity contribution < 1.29 is 14.3 Å². The molecule has 1 saturated carbocycles. The number of rotatable bonds is 2. The number of hydrogen-bond acceptors (Lipinski definition) is 3. The SMILES string of the molecule is CC(=O)OC[C@]12COC[C@H](C3=CCCC(C)(C)[C@@H]3C1)[C@H]2C. The van der Waals surface area contributed by atoms with Gasteiger partial charge >= 0.3 is 5.97 Å². The van der Waals surface area contributed by atoms with E-state index in [1.165, 1.54) is 19.8 Å². The van der Waals surface area contributed by atoms with Crippen LogP contribution in [0.4, 0.5) is 0 Å². The largest absolute Gasteiger partial charge is 0.465 e. The van der Waals surface area contributed by atoms with E-state index in [1.54, 1.807) is 5.57 Å². The first-order chi connectivity index (χ1) is 9.86. The van der Waals surface area contributed by atoms with Crippen molar-refractivity contribution in [2.75, 3.05) is 19.8 Å². The van der Waals surface area contributed by atoms with Crippen molar-refractivity contribution in [2.24, 2.45) is 28.6 Å². The minimum absolute atomic E-state index is 0.00516. The first-order valence-electron chi connectivity index (χ1n) is 8.27. The van der Waals surface area contributed by atoms with Crippen LogP contribution in [-0.4, -0.2) is 25.8 Å². The molecule has 0 amide bonds. The number of carbonyl (C=O) groups is 1. The fourth-order valence-electron chi connectivity index (χ4n) is 4.79. The molecule has 118 valence electrons. The van der Waals surface area contributed by atoms with E-state index < -0.39 is 0 Å². The van der Waals surface area contributed by atoms with Crippen molar-refractivity contribution in [3.8, 4) is 0 Å². The molecule has 3 rings (SSSR count). The minimum atomic E-state index is -0.178. The van der Waals surface area contributed by atoms with Crippen molar-refractivity contribution in [3.63, 3.8) is 0 Å². The van der Waals surface area contributed by atoms with Crippen LogP contribution in [0.1, 0.15) is 47.0 Å². The zero-order valence-electron chi connectivity index (χ0n) is 13.8. The Morgan fingerprint density at radius 1 is 1.48 bits per heavy atom. The van der Waals surface area contributed by atoms with Gasteiger partial charge in [0.25, 0.3) is 0 Å². The fraction of sp³-hybridized carbons (Fsp3) is 0.833. The van der Waals surface area contributed by atoms with Crippen LogP contribution in [0.25, 0.3) is 0 Å². The Labute approximate surface area is 128 Å². The number of esters is 1. The highest BCUT2D eigenvalue weighted by molar-refractivity contribution is 5.65. The Kier molecular flexibility index (Phi) is 3.67. The standard InChI is InChI=1S/C18H28O3/c1-12-15-9-20-10-18(12,11-21-13(2)19)8-16-14(15)6-5-7-17(16,3)4/h6,12,15-16H,5,7-11H2,1-4H3/t12-,15+,16-,18-/m1/s1. The second kappa shape index (κ2) is 5.12. The third kappa shape index (κ3) is 2.44. The highest BCUT2D eigenvalue weighted by Crippen LogP contribution is 2.59. The summed E-state index contributed by atoms with van der Waals surface area (Å²) in [6.45, 7) is 10.7. The molecule has 1 heterocycles. The zero-order valence-corrected chi connectivity index (χ0v) is 13.8. The lowest BCUT2D eigenvalue weighted by molar-refractivity contribution is -0.166. The lowest BCUT2D eigenvalue weighted by Gasteiger charge is -2.58. The predicted octanol–water partition coefficient (Wildman–Crippen LogP) is 3.58. The molecule has 2 aliphatic carbocycles. The van der Waals surface area contributed by atoms with E-state index in [4.69, 9.17) is 9.47 Å². The summed E-state index contributed by atoms with van der Waals surface area (Å²) in [6.07, 6.45) is 6.02. The van der Waals surface area contributed by atoms with Crippen LogP contribution < -0.4 is 0 Å². The lowest BCUT2D eigenvalue weighted by atomic mass is 9.50. The minimum Gasteiger partial charge on any atom is -0.465 e. The summed E-state index contributed by atoms with van der Waals surface area (Å²) in [5, 5.41) is 0. The highest BCUT2D eigenvalue weighted by Gasteiger charge is 2.55.